The highest BCUT2D eigenvalue weighted by Crippen LogP contribution is 2.59. The Bertz CT molecular complexity index is 448. The predicted octanol–water partition coefficient (Wildman–Crippen LogP) is 2.11. The Morgan fingerprint density at radius 3 is 2.26 bits per heavy atom. The van der Waals surface area contributed by atoms with E-state index in [0.29, 0.717) is 23.4 Å². The van der Waals surface area contributed by atoms with Gasteiger partial charge in [-0.05, 0) is 61.7 Å². The number of nitrogens with two attached hydrogens (primary N) is 1. The van der Waals surface area contributed by atoms with Gasteiger partial charge in [0.1, 0.15) is 6.10 Å². The van der Waals surface area contributed by atoms with Crippen LogP contribution in [-0.2, 0) is 7.05 Å². The van der Waals surface area contributed by atoms with Crippen LogP contribution in [0.2, 0.25) is 0 Å². The summed E-state index contributed by atoms with van der Waals surface area (Å²) >= 11 is 0. The summed E-state index contributed by atoms with van der Waals surface area (Å²) in [4.78, 5) is 0. The van der Waals surface area contributed by atoms with E-state index < -0.39 is 6.10 Å². The fraction of sp³-hybridized carbons (Fsp3) is 0.800. The van der Waals surface area contributed by atoms with E-state index in [2.05, 4.69) is 5.10 Å². The number of hydrogen-bond acceptors (Lipinski definition) is 3. The molecule has 19 heavy (non-hydrogen) atoms. The maximum Gasteiger partial charge on any atom is 0.101 e. The molecule has 4 saturated carbocycles. The average molecular weight is 261 g/mol. The van der Waals surface area contributed by atoms with Crippen molar-refractivity contribution < 1.29 is 5.11 Å². The van der Waals surface area contributed by atoms with Crippen LogP contribution in [0.3, 0.4) is 0 Å². The standard InChI is InChI=1S/C15H23N3O/c1-18-14(12(16)7-17-18)15(19)13-10-3-8-2-9(5-10)6-11(13)4-8/h7-11,13,15,19H,2-6,16H2,1H3. The second-order valence-electron chi connectivity index (χ2n) is 7.06. The van der Waals surface area contributed by atoms with E-state index in [1.54, 1.807) is 10.9 Å². The van der Waals surface area contributed by atoms with Gasteiger partial charge in [-0.3, -0.25) is 4.68 Å². The van der Waals surface area contributed by atoms with Crippen molar-refractivity contribution in [3.8, 4) is 0 Å². The summed E-state index contributed by atoms with van der Waals surface area (Å²) < 4.78 is 1.76. The van der Waals surface area contributed by atoms with E-state index in [0.717, 1.165) is 17.5 Å². The lowest BCUT2D eigenvalue weighted by Gasteiger charge is -2.55. The van der Waals surface area contributed by atoms with Crippen molar-refractivity contribution in [2.24, 2.45) is 36.6 Å². The summed E-state index contributed by atoms with van der Waals surface area (Å²) in [6.45, 7) is 0. The molecule has 4 bridgehead atoms. The molecule has 0 saturated heterocycles. The summed E-state index contributed by atoms with van der Waals surface area (Å²) in [5, 5.41) is 15.0. The molecule has 1 atom stereocenters. The Kier molecular flexibility index (Phi) is 2.47. The van der Waals surface area contributed by atoms with Gasteiger partial charge < -0.3 is 10.8 Å². The first-order chi connectivity index (χ1) is 9.13. The van der Waals surface area contributed by atoms with Crippen LogP contribution in [0.15, 0.2) is 6.20 Å². The van der Waals surface area contributed by atoms with Crippen molar-refractivity contribution in [2.75, 3.05) is 5.73 Å². The molecule has 0 aliphatic heterocycles. The summed E-state index contributed by atoms with van der Waals surface area (Å²) in [6, 6.07) is 0. The lowest BCUT2D eigenvalue weighted by molar-refractivity contribution is -0.0925. The van der Waals surface area contributed by atoms with Crippen molar-refractivity contribution in [1.82, 2.24) is 9.78 Å². The summed E-state index contributed by atoms with van der Waals surface area (Å²) in [6.07, 6.45) is 7.98. The molecule has 4 aliphatic carbocycles. The largest absolute Gasteiger partial charge is 0.396 e. The van der Waals surface area contributed by atoms with Crippen molar-refractivity contribution >= 4 is 5.69 Å². The van der Waals surface area contributed by atoms with Gasteiger partial charge in [-0.1, -0.05) is 0 Å². The maximum absolute atomic E-state index is 10.9. The molecule has 4 nitrogen and oxygen atoms in total. The lowest BCUT2D eigenvalue weighted by atomic mass is 9.50. The third-order valence-corrected chi connectivity index (χ3v) is 5.96. The van der Waals surface area contributed by atoms with Crippen LogP contribution in [-0.4, -0.2) is 14.9 Å². The molecule has 4 heteroatoms. The lowest BCUT2D eigenvalue weighted by Crippen LogP contribution is -2.47. The topological polar surface area (TPSA) is 64.1 Å². The van der Waals surface area contributed by atoms with Crippen LogP contribution in [0.4, 0.5) is 5.69 Å². The van der Waals surface area contributed by atoms with E-state index in [4.69, 9.17) is 5.73 Å². The van der Waals surface area contributed by atoms with Crippen LogP contribution in [0.5, 0.6) is 0 Å². The first kappa shape index (κ1) is 11.8. The molecular weight excluding hydrogens is 238 g/mol. The minimum atomic E-state index is -0.428. The highest BCUT2D eigenvalue weighted by atomic mass is 16.3. The molecule has 5 rings (SSSR count). The Balaban J connectivity index is 1.66. The number of aryl methyl sites for hydroxylation is 1. The van der Waals surface area contributed by atoms with Crippen LogP contribution >= 0.6 is 0 Å². The van der Waals surface area contributed by atoms with Gasteiger partial charge in [-0.25, -0.2) is 0 Å². The molecule has 4 aliphatic rings. The molecule has 4 fully saturated rings. The zero-order valence-corrected chi connectivity index (χ0v) is 11.5. The first-order valence-electron chi connectivity index (χ1n) is 7.59. The number of rotatable bonds is 2. The highest BCUT2D eigenvalue weighted by Gasteiger charge is 2.51. The van der Waals surface area contributed by atoms with Gasteiger partial charge in [-0.15, -0.1) is 0 Å². The predicted molar refractivity (Wildman–Crippen MR) is 73.1 cm³/mol. The molecule has 0 amide bonds. The highest BCUT2D eigenvalue weighted by molar-refractivity contribution is 5.42. The Hall–Kier alpha value is -1.03. The molecule has 0 spiro atoms. The number of anilines is 1. The Morgan fingerprint density at radius 2 is 1.79 bits per heavy atom. The van der Waals surface area contributed by atoms with Gasteiger partial charge in [0.15, 0.2) is 0 Å². The van der Waals surface area contributed by atoms with Gasteiger partial charge in [0, 0.05) is 7.05 Å². The number of aliphatic hydroxyl groups is 1. The fourth-order valence-electron chi connectivity index (χ4n) is 5.49. The minimum absolute atomic E-state index is 0.408. The van der Waals surface area contributed by atoms with Gasteiger partial charge in [-0.2, -0.15) is 5.10 Å². The van der Waals surface area contributed by atoms with Crippen LogP contribution in [0, 0.1) is 29.6 Å². The van der Waals surface area contributed by atoms with E-state index in [1.165, 1.54) is 32.1 Å². The number of nitrogen functional groups attached to an aromatic ring is 1. The van der Waals surface area contributed by atoms with E-state index in [9.17, 15) is 5.11 Å². The van der Waals surface area contributed by atoms with Crippen LogP contribution in [0.1, 0.15) is 43.9 Å². The van der Waals surface area contributed by atoms with Crippen molar-refractivity contribution in [3.63, 3.8) is 0 Å². The van der Waals surface area contributed by atoms with E-state index in [-0.39, 0.29) is 0 Å². The molecular formula is C15H23N3O. The van der Waals surface area contributed by atoms with Crippen molar-refractivity contribution in [3.05, 3.63) is 11.9 Å². The second-order valence-corrected chi connectivity index (χ2v) is 7.06. The van der Waals surface area contributed by atoms with E-state index in [1.807, 2.05) is 7.05 Å². The molecule has 1 aromatic heterocycles. The second kappa shape index (κ2) is 3.98. The number of hydrogen-bond donors (Lipinski definition) is 2. The molecule has 0 aromatic carbocycles. The third kappa shape index (κ3) is 1.65. The van der Waals surface area contributed by atoms with Gasteiger partial charge >= 0.3 is 0 Å². The van der Waals surface area contributed by atoms with Crippen LogP contribution < -0.4 is 5.73 Å². The summed E-state index contributed by atoms with van der Waals surface area (Å²) in [7, 11) is 1.88. The fourth-order valence-corrected chi connectivity index (χ4v) is 5.49. The van der Waals surface area contributed by atoms with E-state index >= 15 is 0 Å². The van der Waals surface area contributed by atoms with Crippen molar-refractivity contribution in [1.29, 1.82) is 0 Å². The minimum Gasteiger partial charge on any atom is -0.396 e. The summed E-state index contributed by atoms with van der Waals surface area (Å²) in [5.74, 6) is 3.70. The maximum atomic E-state index is 10.9. The number of aliphatic hydroxyl groups excluding tert-OH is 1. The molecule has 1 heterocycles. The smallest absolute Gasteiger partial charge is 0.101 e. The average Bonchev–Trinajstić information content (AvgIpc) is 2.67. The summed E-state index contributed by atoms with van der Waals surface area (Å²) in [5.41, 5.74) is 7.47. The van der Waals surface area contributed by atoms with Crippen molar-refractivity contribution in [2.45, 2.75) is 38.2 Å². The third-order valence-electron chi connectivity index (χ3n) is 5.96. The SMILES string of the molecule is Cn1ncc(N)c1C(O)C1C2CC3CC(C2)CC1C3. The zero-order valence-electron chi connectivity index (χ0n) is 11.5. The Morgan fingerprint density at radius 1 is 1.21 bits per heavy atom. The molecule has 1 unspecified atom stereocenters. The first-order valence-corrected chi connectivity index (χ1v) is 7.59. The zero-order chi connectivity index (χ0) is 13.1. The van der Waals surface area contributed by atoms with Gasteiger partial charge in [0.25, 0.3) is 0 Å². The number of aromatic nitrogens is 2. The molecule has 104 valence electrons. The Labute approximate surface area is 114 Å². The van der Waals surface area contributed by atoms with Crippen LogP contribution in [0.25, 0.3) is 0 Å². The molecule has 1 aromatic rings. The molecule has 3 N–H and O–H groups in total. The molecule has 0 radical (unpaired) electrons. The normalized spacial score (nSPS) is 41.7. The van der Waals surface area contributed by atoms with Gasteiger partial charge in [0.2, 0.25) is 0 Å². The monoisotopic (exact) mass is 261 g/mol. The quantitative estimate of drug-likeness (QED) is 0.857. The number of nitrogens with zero attached hydrogens (tertiary/aromatic N) is 2. The van der Waals surface area contributed by atoms with Gasteiger partial charge in [0.05, 0.1) is 17.6 Å².